The maximum Gasteiger partial charge on any atom is 0.167 e. The summed E-state index contributed by atoms with van der Waals surface area (Å²) in [6.07, 6.45) is -1.97. The number of carbonyl (C=O) groups is 1. The summed E-state index contributed by atoms with van der Waals surface area (Å²) in [5, 5.41) is 28.0. The fourth-order valence-electron chi connectivity index (χ4n) is 1.31. The van der Waals surface area contributed by atoms with Crippen LogP contribution in [-0.4, -0.2) is 39.9 Å². The number of rotatable bonds is 5. The number of benzene rings is 1. The summed E-state index contributed by atoms with van der Waals surface area (Å²) in [7, 11) is 0. The quantitative estimate of drug-likeness (QED) is 0.660. The van der Waals surface area contributed by atoms with E-state index in [2.05, 4.69) is 0 Å². The van der Waals surface area contributed by atoms with Gasteiger partial charge in [0.15, 0.2) is 5.78 Å². The van der Waals surface area contributed by atoms with Gasteiger partial charge < -0.3 is 20.1 Å². The molecule has 0 spiro atoms. The molecule has 1 rings (SSSR count). The predicted octanol–water partition coefficient (Wildman–Crippen LogP) is 0.715. The molecule has 0 radical (unpaired) electrons. The number of ketones is 1. The number of ether oxygens (including phenoxy) is 1. The molecule has 5 heteroatoms. The Morgan fingerprint density at radius 3 is 2.59 bits per heavy atom. The lowest BCUT2D eigenvalue weighted by Gasteiger charge is -2.16. The summed E-state index contributed by atoms with van der Waals surface area (Å²) < 4.78 is 5.21. The molecule has 5 nitrogen and oxygen atoms in total. The van der Waals surface area contributed by atoms with E-state index in [1.54, 1.807) is 0 Å². The molecule has 0 amide bonds. The zero-order valence-electron chi connectivity index (χ0n) is 9.75. The molecule has 3 N–H and O–H groups in total. The number of phenolic OH excluding ortho intramolecular Hbond substituents is 1. The Morgan fingerprint density at radius 2 is 2.06 bits per heavy atom. The van der Waals surface area contributed by atoms with Crippen molar-refractivity contribution in [3.8, 4) is 11.5 Å². The van der Waals surface area contributed by atoms with Crippen molar-refractivity contribution in [3.05, 3.63) is 23.8 Å². The zero-order chi connectivity index (χ0) is 13.0. The highest BCUT2D eigenvalue weighted by atomic mass is 16.5. The smallest absolute Gasteiger partial charge is 0.167 e. The molecule has 1 aromatic rings. The van der Waals surface area contributed by atoms with Gasteiger partial charge in [0.1, 0.15) is 29.8 Å². The minimum atomic E-state index is -1.04. The van der Waals surface area contributed by atoms with Crippen LogP contribution in [0.3, 0.4) is 0 Å². The standard InChI is InChI=1S/C12H16O5/c1-7(13)10(16)6-17-11-5-3-4-9(15)12(11)8(2)14/h3-5,7,10,13,15-16H,6H2,1-2H3. The fourth-order valence-corrected chi connectivity index (χ4v) is 1.31. The van der Waals surface area contributed by atoms with Gasteiger partial charge in [-0.15, -0.1) is 0 Å². The van der Waals surface area contributed by atoms with Gasteiger partial charge in [-0.25, -0.2) is 0 Å². The SMILES string of the molecule is CC(=O)c1c(O)cccc1OCC(O)C(C)O. The second kappa shape index (κ2) is 5.65. The molecule has 0 aromatic heterocycles. The van der Waals surface area contributed by atoms with E-state index >= 15 is 0 Å². The molecule has 94 valence electrons. The lowest BCUT2D eigenvalue weighted by molar-refractivity contribution is 0.00209. The summed E-state index contributed by atoms with van der Waals surface area (Å²) in [5.41, 5.74) is 0.0743. The number of aliphatic hydroxyl groups excluding tert-OH is 2. The molecule has 2 atom stereocenters. The number of hydrogen-bond donors (Lipinski definition) is 3. The van der Waals surface area contributed by atoms with E-state index in [4.69, 9.17) is 9.84 Å². The number of carbonyl (C=O) groups excluding carboxylic acids is 1. The average Bonchev–Trinajstić information content (AvgIpc) is 2.24. The number of phenols is 1. The number of Topliss-reactive ketones (excluding diaryl/α,β-unsaturated/α-hetero) is 1. The molecular weight excluding hydrogens is 224 g/mol. The Morgan fingerprint density at radius 1 is 1.41 bits per heavy atom. The topological polar surface area (TPSA) is 87.0 Å². The Labute approximate surface area is 99.3 Å². The van der Waals surface area contributed by atoms with E-state index in [9.17, 15) is 15.0 Å². The molecule has 17 heavy (non-hydrogen) atoms. The van der Waals surface area contributed by atoms with E-state index in [1.165, 1.54) is 32.0 Å². The lowest BCUT2D eigenvalue weighted by atomic mass is 10.1. The van der Waals surface area contributed by atoms with Crippen LogP contribution >= 0.6 is 0 Å². The maximum atomic E-state index is 11.3. The monoisotopic (exact) mass is 240 g/mol. The van der Waals surface area contributed by atoms with Crippen molar-refractivity contribution in [2.45, 2.75) is 26.1 Å². The van der Waals surface area contributed by atoms with Gasteiger partial charge in [0, 0.05) is 0 Å². The minimum absolute atomic E-state index is 0.0743. The Balaban J connectivity index is 2.84. The molecule has 0 bridgehead atoms. The van der Waals surface area contributed by atoms with E-state index in [1.807, 2.05) is 0 Å². The highest BCUT2D eigenvalue weighted by Gasteiger charge is 2.16. The van der Waals surface area contributed by atoms with Gasteiger partial charge >= 0.3 is 0 Å². The third-order valence-electron chi connectivity index (χ3n) is 2.32. The third kappa shape index (κ3) is 3.44. The number of hydrogen-bond acceptors (Lipinski definition) is 5. The molecule has 0 aliphatic carbocycles. The molecule has 0 saturated carbocycles. The normalized spacial score (nSPS) is 14.1. The molecule has 0 aliphatic heterocycles. The lowest BCUT2D eigenvalue weighted by Crippen LogP contribution is -2.29. The van der Waals surface area contributed by atoms with Gasteiger partial charge in [-0.3, -0.25) is 4.79 Å². The molecule has 2 unspecified atom stereocenters. The van der Waals surface area contributed by atoms with Crippen molar-refractivity contribution in [3.63, 3.8) is 0 Å². The van der Waals surface area contributed by atoms with Crippen LogP contribution in [-0.2, 0) is 0 Å². The van der Waals surface area contributed by atoms with Crippen LogP contribution in [0.1, 0.15) is 24.2 Å². The van der Waals surface area contributed by atoms with Gasteiger partial charge in [0.05, 0.1) is 6.10 Å². The van der Waals surface area contributed by atoms with Crippen LogP contribution in [0.4, 0.5) is 0 Å². The van der Waals surface area contributed by atoms with Gasteiger partial charge in [-0.1, -0.05) is 6.07 Å². The third-order valence-corrected chi connectivity index (χ3v) is 2.32. The average molecular weight is 240 g/mol. The first-order chi connectivity index (χ1) is 7.93. The Hall–Kier alpha value is -1.59. The largest absolute Gasteiger partial charge is 0.507 e. The van der Waals surface area contributed by atoms with Crippen LogP contribution in [0.2, 0.25) is 0 Å². The number of aliphatic hydroxyl groups is 2. The highest BCUT2D eigenvalue weighted by Crippen LogP contribution is 2.27. The Kier molecular flexibility index (Phi) is 4.48. The van der Waals surface area contributed by atoms with Crippen LogP contribution in [0.25, 0.3) is 0 Å². The van der Waals surface area contributed by atoms with E-state index in [-0.39, 0.29) is 29.5 Å². The summed E-state index contributed by atoms with van der Waals surface area (Å²) in [6.45, 7) is 2.59. The van der Waals surface area contributed by atoms with Gasteiger partial charge in [-0.05, 0) is 26.0 Å². The van der Waals surface area contributed by atoms with Crippen molar-refractivity contribution in [2.24, 2.45) is 0 Å². The van der Waals surface area contributed by atoms with Gasteiger partial charge in [0.2, 0.25) is 0 Å². The Bertz CT molecular complexity index is 400. The van der Waals surface area contributed by atoms with Crippen LogP contribution in [0.5, 0.6) is 11.5 Å². The molecule has 0 saturated heterocycles. The van der Waals surface area contributed by atoms with E-state index < -0.39 is 12.2 Å². The van der Waals surface area contributed by atoms with Crippen molar-refractivity contribution in [1.29, 1.82) is 0 Å². The molecular formula is C12H16O5. The molecule has 0 aliphatic rings. The van der Waals surface area contributed by atoms with Crippen molar-refractivity contribution >= 4 is 5.78 Å². The van der Waals surface area contributed by atoms with Crippen molar-refractivity contribution in [1.82, 2.24) is 0 Å². The van der Waals surface area contributed by atoms with E-state index in [0.29, 0.717) is 0 Å². The second-order valence-corrected chi connectivity index (χ2v) is 3.83. The zero-order valence-corrected chi connectivity index (χ0v) is 9.75. The first kappa shape index (κ1) is 13.5. The first-order valence-corrected chi connectivity index (χ1v) is 5.25. The van der Waals surface area contributed by atoms with E-state index in [0.717, 1.165) is 0 Å². The molecule has 1 aromatic carbocycles. The second-order valence-electron chi connectivity index (χ2n) is 3.83. The molecule has 0 fully saturated rings. The minimum Gasteiger partial charge on any atom is -0.507 e. The van der Waals surface area contributed by atoms with Gasteiger partial charge in [-0.2, -0.15) is 0 Å². The summed E-state index contributed by atoms with van der Waals surface area (Å²) >= 11 is 0. The van der Waals surface area contributed by atoms with Gasteiger partial charge in [0.25, 0.3) is 0 Å². The van der Waals surface area contributed by atoms with Crippen LogP contribution < -0.4 is 4.74 Å². The molecule has 0 heterocycles. The maximum absolute atomic E-state index is 11.3. The van der Waals surface area contributed by atoms with Crippen molar-refractivity contribution < 1.29 is 24.9 Å². The summed E-state index contributed by atoms with van der Waals surface area (Å²) in [6, 6.07) is 4.44. The highest BCUT2D eigenvalue weighted by molar-refractivity contribution is 5.99. The fraction of sp³-hybridized carbons (Fsp3) is 0.417. The first-order valence-electron chi connectivity index (χ1n) is 5.25. The summed E-state index contributed by atoms with van der Waals surface area (Å²) in [5.74, 6) is -0.302. The number of aromatic hydroxyl groups is 1. The van der Waals surface area contributed by atoms with Crippen LogP contribution in [0.15, 0.2) is 18.2 Å². The van der Waals surface area contributed by atoms with Crippen molar-refractivity contribution in [2.75, 3.05) is 6.61 Å². The summed E-state index contributed by atoms with van der Waals surface area (Å²) in [4.78, 5) is 11.3. The predicted molar refractivity (Wildman–Crippen MR) is 61.3 cm³/mol. The van der Waals surface area contributed by atoms with Crippen LogP contribution in [0, 0.1) is 0 Å².